The Kier molecular flexibility index (Phi) is 5.79. The molecule has 0 saturated heterocycles. The summed E-state index contributed by atoms with van der Waals surface area (Å²) >= 11 is 0. The highest BCUT2D eigenvalue weighted by atomic mass is 31.2. The van der Waals surface area contributed by atoms with Gasteiger partial charge < -0.3 is 13.5 Å². The molecule has 1 heterocycles. The van der Waals surface area contributed by atoms with Crippen LogP contribution >= 0.6 is 7.60 Å². The molecule has 0 radical (unpaired) electrons. The van der Waals surface area contributed by atoms with Crippen molar-refractivity contribution < 1.29 is 22.8 Å². The van der Waals surface area contributed by atoms with Crippen LogP contribution < -0.4 is 0 Å². The number of hydrogen-bond acceptors (Lipinski definition) is 6. The Morgan fingerprint density at radius 2 is 2.05 bits per heavy atom. The molecule has 0 spiro atoms. The lowest BCUT2D eigenvalue weighted by Crippen LogP contribution is -2.08. The maximum atomic E-state index is 12.3. The van der Waals surface area contributed by atoms with Gasteiger partial charge in [-0.15, -0.1) is 0 Å². The fourth-order valence-corrected chi connectivity index (χ4v) is 2.86. The first-order chi connectivity index (χ1) is 9.09. The van der Waals surface area contributed by atoms with E-state index in [1.54, 1.807) is 13.8 Å². The molecule has 0 fully saturated rings. The lowest BCUT2D eigenvalue weighted by atomic mass is 10.2. The number of hydrogen-bond donors (Lipinski definition) is 0. The van der Waals surface area contributed by atoms with E-state index in [0.717, 1.165) is 6.26 Å². The molecule has 0 N–H and O–H groups in total. The van der Waals surface area contributed by atoms with Crippen molar-refractivity contribution in [3.63, 3.8) is 0 Å². The van der Waals surface area contributed by atoms with Crippen molar-refractivity contribution in [2.45, 2.75) is 20.4 Å². The Morgan fingerprint density at radius 1 is 1.42 bits per heavy atom. The predicted molar refractivity (Wildman–Crippen MR) is 66.7 cm³/mol. The quantitative estimate of drug-likeness (QED) is 0.314. The van der Waals surface area contributed by atoms with Gasteiger partial charge in [0.15, 0.2) is 0 Å². The van der Waals surface area contributed by atoms with E-state index in [0.29, 0.717) is 5.56 Å². The molecule has 9 heteroatoms. The molecular weight excluding hydrogens is 273 g/mol. The highest BCUT2D eigenvalue weighted by Gasteiger charge is 2.37. The molecule has 0 atom stereocenters. The third-order valence-corrected chi connectivity index (χ3v) is 4.06. The van der Waals surface area contributed by atoms with Gasteiger partial charge in [-0.1, -0.05) is 5.11 Å². The Balaban J connectivity index is 3.06. The van der Waals surface area contributed by atoms with Crippen LogP contribution in [0, 0.1) is 0 Å². The summed E-state index contributed by atoms with van der Waals surface area (Å²) in [7, 11) is -3.89. The average molecular weight is 287 g/mol. The summed E-state index contributed by atoms with van der Waals surface area (Å²) in [5.41, 5.74) is 7.84. The summed E-state index contributed by atoms with van der Waals surface area (Å²) in [6.07, 6.45) is 2.39. The molecular formula is C10H14N3O5P. The summed E-state index contributed by atoms with van der Waals surface area (Å²) < 4.78 is 27.1. The summed E-state index contributed by atoms with van der Waals surface area (Å²) in [4.78, 5) is 14.8. The van der Waals surface area contributed by atoms with Crippen LogP contribution in [0.2, 0.25) is 0 Å². The highest BCUT2D eigenvalue weighted by molar-refractivity contribution is 7.72. The van der Waals surface area contributed by atoms with E-state index in [1.807, 2.05) is 0 Å². The minimum atomic E-state index is -3.89. The van der Waals surface area contributed by atoms with Crippen LogP contribution in [0.4, 0.5) is 0 Å². The number of carbonyl (C=O) groups is 1. The molecule has 1 aromatic heterocycles. The average Bonchev–Trinajstić information content (AvgIpc) is 2.84. The monoisotopic (exact) mass is 287 g/mol. The fourth-order valence-electron chi connectivity index (χ4n) is 1.38. The number of carbonyl (C=O) groups excluding carboxylic acids is 1. The zero-order chi connectivity index (χ0) is 14.3. The zero-order valence-electron chi connectivity index (χ0n) is 10.6. The van der Waals surface area contributed by atoms with E-state index in [-0.39, 0.29) is 25.3 Å². The minimum Gasteiger partial charge on any atom is -0.472 e. The molecule has 0 unspecified atom stereocenters. The first-order valence-corrected chi connectivity index (χ1v) is 7.13. The van der Waals surface area contributed by atoms with Crippen LogP contribution in [0.1, 0.15) is 29.8 Å². The normalized spacial score (nSPS) is 11.1. The van der Waals surface area contributed by atoms with Gasteiger partial charge in [-0.25, -0.2) is 0 Å². The number of nitrogens with zero attached hydrogens (tertiary/aromatic N) is 3. The molecule has 1 aromatic rings. The van der Waals surface area contributed by atoms with E-state index in [2.05, 4.69) is 10.0 Å². The van der Waals surface area contributed by atoms with Gasteiger partial charge in [0.05, 0.1) is 31.6 Å². The molecule has 0 aliphatic heterocycles. The van der Waals surface area contributed by atoms with Gasteiger partial charge in [0.1, 0.15) is 6.26 Å². The van der Waals surface area contributed by atoms with Gasteiger partial charge in [-0.3, -0.25) is 9.36 Å². The zero-order valence-corrected chi connectivity index (χ0v) is 11.5. The summed E-state index contributed by atoms with van der Waals surface area (Å²) in [5.74, 6) is 0. The Morgan fingerprint density at radius 3 is 2.58 bits per heavy atom. The van der Waals surface area contributed by atoms with Gasteiger partial charge in [0.25, 0.3) is 5.52 Å². The summed E-state index contributed by atoms with van der Waals surface area (Å²) in [5, 5.41) is 3.33. The van der Waals surface area contributed by atoms with Crippen LogP contribution in [-0.2, 0) is 20.2 Å². The van der Waals surface area contributed by atoms with E-state index in [9.17, 15) is 9.36 Å². The molecule has 0 amide bonds. The first-order valence-electron chi connectivity index (χ1n) is 5.59. The van der Waals surface area contributed by atoms with Crippen molar-refractivity contribution in [1.29, 1.82) is 0 Å². The van der Waals surface area contributed by atoms with Crippen LogP contribution in [-0.4, -0.2) is 18.7 Å². The van der Waals surface area contributed by atoms with Crippen LogP contribution in [0.3, 0.4) is 0 Å². The molecule has 1 rings (SSSR count). The van der Waals surface area contributed by atoms with Gasteiger partial charge >= 0.3 is 7.60 Å². The largest absolute Gasteiger partial charge is 0.472 e. The lowest BCUT2D eigenvalue weighted by Gasteiger charge is -2.14. The molecule has 0 saturated carbocycles. The van der Waals surface area contributed by atoms with Gasteiger partial charge in [-0.05, 0) is 19.4 Å². The van der Waals surface area contributed by atoms with Crippen molar-refractivity contribution in [2.24, 2.45) is 5.11 Å². The second-order valence-corrected chi connectivity index (χ2v) is 5.26. The van der Waals surface area contributed by atoms with Crippen molar-refractivity contribution in [2.75, 3.05) is 13.2 Å². The predicted octanol–water partition coefficient (Wildman–Crippen LogP) is 3.50. The van der Waals surface area contributed by atoms with Crippen LogP contribution in [0.15, 0.2) is 22.1 Å². The summed E-state index contributed by atoms with van der Waals surface area (Å²) in [6, 6.07) is 0. The molecule has 104 valence electrons. The molecule has 0 aromatic carbocycles. The Bertz CT molecular complexity index is 525. The second kappa shape index (κ2) is 7.11. The Labute approximate surface area is 109 Å². The topological polar surface area (TPSA) is 115 Å². The SMILES string of the molecule is CCOP(=O)(OCC)C(=O)c1cocc1CN=[N+]=[N-]. The van der Waals surface area contributed by atoms with Crippen molar-refractivity contribution >= 4 is 13.1 Å². The van der Waals surface area contributed by atoms with E-state index < -0.39 is 13.1 Å². The maximum absolute atomic E-state index is 12.3. The van der Waals surface area contributed by atoms with E-state index in [1.165, 1.54) is 6.26 Å². The van der Waals surface area contributed by atoms with Gasteiger partial charge in [-0.2, -0.15) is 0 Å². The minimum absolute atomic E-state index is 0.0395. The third kappa shape index (κ3) is 3.68. The molecule has 0 aliphatic rings. The van der Waals surface area contributed by atoms with Crippen molar-refractivity contribution in [1.82, 2.24) is 0 Å². The van der Waals surface area contributed by atoms with Crippen LogP contribution in [0.25, 0.3) is 10.4 Å². The molecule has 8 nitrogen and oxygen atoms in total. The maximum Gasteiger partial charge on any atom is 0.401 e. The number of azide groups is 1. The van der Waals surface area contributed by atoms with Crippen molar-refractivity contribution in [3.05, 3.63) is 34.1 Å². The number of rotatable bonds is 8. The smallest absolute Gasteiger partial charge is 0.401 e. The highest BCUT2D eigenvalue weighted by Crippen LogP contribution is 2.51. The van der Waals surface area contributed by atoms with Crippen molar-refractivity contribution in [3.8, 4) is 0 Å². The Hall–Kier alpha value is -1.59. The molecule has 19 heavy (non-hydrogen) atoms. The molecule has 0 bridgehead atoms. The third-order valence-electron chi connectivity index (χ3n) is 2.12. The van der Waals surface area contributed by atoms with Gasteiger partial charge in [0, 0.05) is 10.5 Å². The van der Waals surface area contributed by atoms with Crippen LogP contribution in [0.5, 0.6) is 0 Å². The first kappa shape index (κ1) is 15.5. The standard InChI is InChI=1S/C10H14N3O5P/c1-3-17-19(15,18-4-2)10(14)9-7-16-6-8(9)5-12-13-11/h6-7H,3-5H2,1-2H3. The summed E-state index contributed by atoms with van der Waals surface area (Å²) in [6.45, 7) is 3.29. The lowest BCUT2D eigenvalue weighted by molar-refractivity contribution is 0.1000. The molecule has 0 aliphatic carbocycles. The van der Waals surface area contributed by atoms with E-state index in [4.69, 9.17) is 19.0 Å². The van der Waals surface area contributed by atoms with Gasteiger partial charge in [0.2, 0.25) is 0 Å². The second-order valence-electron chi connectivity index (χ2n) is 3.34. The van der Waals surface area contributed by atoms with E-state index >= 15 is 0 Å². The fraction of sp³-hybridized carbons (Fsp3) is 0.500. The number of furan rings is 1.